The van der Waals surface area contributed by atoms with Gasteiger partial charge in [-0.2, -0.15) is 0 Å². The van der Waals surface area contributed by atoms with Crippen LogP contribution in [-0.2, 0) is 4.74 Å². The smallest absolute Gasteiger partial charge is 0.124 e. The molecule has 3 atom stereocenters. The number of ether oxygens (including phenoxy) is 2. The van der Waals surface area contributed by atoms with Gasteiger partial charge in [0.1, 0.15) is 11.9 Å². The minimum Gasteiger partial charge on any atom is -0.490 e. The molecule has 0 aromatic heterocycles. The first-order chi connectivity index (χ1) is 10.3. The Bertz CT molecular complexity index is 421. The number of hydrogen-bond donors (Lipinski definition) is 1. The molecular weight excluding hydrogens is 262 g/mol. The summed E-state index contributed by atoms with van der Waals surface area (Å²) in [5.41, 5.74) is 1.28. The lowest BCUT2D eigenvalue weighted by Crippen LogP contribution is -2.30. The van der Waals surface area contributed by atoms with Crippen LogP contribution in [0.4, 0.5) is 0 Å². The van der Waals surface area contributed by atoms with Gasteiger partial charge in [0, 0.05) is 25.1 Å². The second-order valence-corrected chi connectivity index (χ2v) is 5.82. The predicted molar refractivity (Wildman–Crippen MR) is 86.8 cm³/mol. The molecule has 1 aromatic rings. The van der Waals surface area contributed by atoms with Crippen molar-refractivity contribution in [3.8, 4) is 5.75 Å². The number of para-hydroxylation sites is 1. The topological polar surface area (TPSA) is 30.5 Å². The van der Waals surface area contributed by atoms with Gasteiger partial charge in [-0.25, -0.2) is 0 Å². The number of benzene rings is 1. The molecule has 1 aliphatic carbocycles. The van der Waals surface area contributed by atoms with E-state index in [0.29, 0.717) is 12.1 Å². The highest BCUT2D eigenvalue weighted by Crippen LogP contribution is 2.31. The number of hydrogen-bond acceptors (Lipinski definition) is 3. The molecule has 3 heteroatoms. The Morgan fingerprint density at radius 1 is 1.19 bits per heavy atom. The summed E-state index contributed by atoms with van der Waals surface area (Å²) < 4.78 is 11.8. The largest absolute Gasteiger partial charge is 0.490 e. The third kappa shape index (κ3) is 4.45. The van der Waals surface area contributed by atoms with E-state index in [1.807, 2.05) is 0 Å². The van der Waals surface area contributed by atoms with Crippen LogP contribution in [0.25, 0.3) is 0 Å². The van der Waals surface area contributed by atoms with E-state index in [9.17, 15) is 0 Å². The molecule has 1 aromatic carbocycles. The fourth-order valence-electron chi connectivity index (χ4n) is 3.20. The van der Waals surface area contributed by atoms with E-state index in [1.165, 1.54) is 12.0 Å². The van der Waals surface area contributed by atoms with Crippen LogP contribution in [0.1, 0.15) is 57.6 Å². The van der Waals surface area contributed by atoms with Crippen molar-refractivity contribution in [2.75, 3.05) is 13.7 Å². The summed E-state index contributed by atoms with van der Waals surface area (Å²) in [6.45, 7) is 5.34. The van der Waals surface area contributed by atoms with Gasteiger partial charge in [-0.1, -0.05) is 32.0 Å². The summed E-state index contributed by atoms with van der Waals surface area (Å²) in [6.07, 6.45) is 6.19. The molecular formula is C18H29NO2. The van der Waals surface area contributed by atoms with Crippen LogP contribution in [0, 0.1) is 0 Å². The van der Waals surface area contributed by atoms with Crippen molar-refractivity contribution in [1.82, 2.24) is 5.32 Å². The quantitative estimate of drug-likeness (QED) is 0.821. The van der Waals surface area contributed by atoms with E-state index in [1.54, 1.807) is 7.11 Å². The maximum atomic E-state index is 6.33. The average molecular weight is 291 g/mol. The highest BCUT2D eigenvalue weighted by Gasteiger charge is 2.24. The normalized spacial score (nSPS) is 23.8. The van der Waals surface area contributed by atoms with Gasteiger partial charge < -0.3 is 14.8 Å². The van der Waals surface area contributed by atoms with Gasteiger partial charge in [0.15, 0.2) is 0 Å². The number of methoxy groups -OCH3 is 1. The molecule has 3 unspecified atom stereocenters. The van der Waals surface area contributed by atoms with Crippen LogP contribution in [0.2, 0.25) is 0 Å². The van der Waals surface area contributed by atoms with Crippen molar-refractivity contribution in [3.05, 3.63) is 29.8 Å². The molecule has 0 heterocycles. The van der Waals surface area contributed by atoms with Gasteiger partial charge in [0.25, 0.3) is 0 Å². The highest BCUT2D eigenvalue weighted by atomic mass is 16.5. The number of nitrogens with one attached hydrogen (secondary N) is 1. The van der Waals surface area contributed by atoms with Crippen LogP contribution >= 0.6 is 0 Å². The highest BCUT2D eigenvalue weighted by molar-refractivity contribution is 5.36. The second kappa shape index (κ2) is 8.40. The van der Waals surface area contributed by atoms with E-state index in [-0.39, 0.29) is 6.10 Å². The van der Waals surface area contributed by atoms with Crippen LogP contribution in [0.3, 0.4) is 0 Å². The van der Waals surface area contributed by atoms with E-state index in [0.717, 1.165) is 38.0 Å². The average Bonchev–Trinajstić information content (AvgIpc) is 2.53. The lowest BCUT2D eigenvalue weighted by Gasteiger charge is -2.30. The first-order valence-electron chi connectivity index (χ1n) is 8.30. The van der Waals surface area contributed by atoms with Crippen molar-refractivity contribution in [1.29, 1.82) is 0 Å². The first-order valence-corrected chi connectivity index (χ1v) is 8.30. The van der Waals surface area contributed by atoms with E-state index < -0.39 is 0 Å². The summed E-state index contributed by atoms with van der Waals surface area (Å²) >= 11 is 0. The van der Waals surface area contributed by atoms with Crippen molar-refractivity contribution in [2.24, 2.45) is 0 Å². The minimum absolute atomic E-state index is 0.281. The van der Waals surface area contributed by atoms with Crippen LogP contribution in [0.5, 0.6) is 5.75 Å². The summed E-state index contributed by atoms with van der Waals surface area (Å²) in [5, 5.41) is 3.54. The third-order valence-corrected chi connectivity index (χ3v) is 4.36. The zero-order valence-electron chi connectivity index (χ0n) is 13.6. The summed E-state index contributed by atoms with van der Waals surface area (Å²) in [5.74, 6) is 1.03. The Morgan fingerprint density at radius 2 is 1.95 bits per heavy atom. The molecule has 1 fully saturated rings. The monoisotopic (exact) mass is 291 g/mol. The molecule has 0 amide bonds. The van der Waals surface area contributed by atoms with E-state index in [4.69, 9.17) is 9.47 Å². The minimum atomic E-state index is 0.281. The third-order valence-electron chi connectivity index (χ3n) is 4.36. The van der Waals surface area contributed by atoms with Crippen molar-refractivity contribution >= 4 is 0 Å². The van der Waals surface area contributed by atoms with Gasteiger partial charge in [0.2, 0.25) is 0 Å². The van der Waals surface area contributed by atoms with E-state index in [2.05, 4.69) is 43.4 Å². The lowest BCUT2D eigenvalue weighted by molar-refractivity contribution is 0.0205. The maximum Gasteiger partial charge on any atom is 0.124 e. The summed E-state index contributed by atoms with van der Waals surface area (Å²) in [4.78, 5) is 0. The molecule has 2 rings (SSSR count). The SMILES string of the molecule is CCNC(CC)c1ccccc1OC1CCCC(OC)C1. The van der Waals surface area contributed by atoms with Gasteiger partial charge in [-0.05, 0) is 38.3 Å². The van der Waals surface area contributed by atoms with Crippen LogP contribution in [0.15, 0.2) is 24.3 Å². The van der Waals surface area contributed by atoms with Crippen molar-refractivity contribution in [3.63, 3.8) is 0 Å². The Morgan fingerprint density at radius 3 is 2.67 bits per heavy atom. The standard InChI is InChI=1S/C18H29NO2/c1-4-17(19-5-2)16-11-6-7-12-18(16)21-15-10-8-9-14(13-15)20-3/h6-7,11-12,14-15,17,19H,4-5,8-10,13H2,1-3H3. The second-order valence-electron chi connectivity index (χ2n) is 5.82. The van der Waals surface area contributed by atoms with E-state index >= 15 is 0 Å². The number of rotatable bonds is 7. The van der Waals surface area contributed by atoms with Gasteiger partial charge in [0.05, 0.1) is 6.10 Å². The molecule has 1 N–H and O–H groups in total. The predicted octanol–water partition coefficient (Wildman–Crippen LogP) is 4.08. The molecule has 0 aliphatic heterocycles. The summed E-state index contributed by atoms with van der Waals surface area (Å²) in [6, 6.07) is 8.82. The molecule has 1 aliphatic rings. The Balaban J connectivity index is 2.08. The Labute approximate surface area is 129 Å². The van der Waals surface area contributed by atoms with Gasteiger partial charge >= 0.3 is 0 Å². The molecule has 0 spiro atoms. The Kier molecular flexibility index (Phi) is 6.52. The van der Waals surface area contributed by atoms with Crippen molar-refractivity contribution in [2.45, 2.75) is 64.2 Å². The molecule has 21 heavy (non-hydrogen) atoms. The molecule has 3 nitrogen and oxygen atoms in total. The fraction of sp³-hybridized carbons (Fsp3) is 0.667. The van der Waals surface area contributed by atoms with Gasteiger partial charge in [-0.3, -0.25) is 0 Å². The summed E-state index contributed by atoms with van der Waals surface area (Å²) in [7, 11) is 1.80. The Hall–Kier alpha value is -1.06. The molecule has 1 saturated carbocycles. The fourth-order valence-corrected chi connectivity index (χ4v) is 3.20. The van der Waals surface area contributed by atoms with Crippen LogP contribution < -0.4 is 10.1 Å². The molecule has 0 saturated heterocycles. The molecule has 118 valence electrons. The zero-order chi connectivity index (χ0) is 15.1. The molecule has 0 radical (unpaired) electrons. The maximum absolute atomic E-state index is 6.33. The van der Waals surface area contributed by atoms with Crippen molar-refractivity contribution < 1.29 is 9.47 Å². The molecule has 0 bridgehead atoms. The van der Waals surface area contributed by atoms with Crippen LogP contribution in [-0.4, -0.2) is 25.9 Å². The van der Waals surface area contributed by atoms with Gasteiger partial charge in [-0.15, -0.1) is 0 Å². The lowest BCUT2D eigenvalue weighted by atomic mass is 9.94. The first kappa shape index (κ1) is 16.3. The zero-order valence-corrected chi connectivity index (χ0v) is 13.6.